The Morgan fingerprint density at radius 2 is 1.98 bits per heavy atom. The molecule has 2 fully saturated rings. The number of nitrogens with two attached hydrogens (primary N) is 1. The Morgan fingerprint density at radius 1 is 1.25 bits per heavy atom. The molecule has 3 aromatic rings. The summed E-state index contributed by atoms with van der Waals surface area (Å²) in [5.41, 5.74) is 8.70. The van der Waals surface area contributed by atoms with E-state index >= 15 is 0 Å². The molecule has 1 aliphatic carbocycles. The number of hydrogen-bond donors (Lipinski definition) is 4. The number of para-hydroxylation sites is 1. The summed E-state index contributed by atoms with van der Waals surface area (Å²) in [5.74, 6) is 2.66. The van der Waals surface area contributed by atoms with E-state index in [1.807, 2.05) is 42.2 Å². The Kier molecular flexibility index (Phi) is 9.57. The number of anilines is 2. The van der Waals surface area contributed by atoms with Crippen LogP contribution in [0.5, 0.6) is 0 Å². The predicted octanol–water partition coefficient (Wildman–Crippen LogP) is 3.70. The van der Waals surface area contributed by atoms with Crippen LogP contribution in [0.15, 0.2) is 66.4 Å². The van der Waals surface area contributed by atoms with E-state index in [9.17, 15) is 14.3 Å². The van der Waals surface area contributed by atoms with Crippen LogP contribution >= 0.6 is 0 Å². The van der Waals surface area contributed by atoms with Crippen molar-refractivity contribution in [3.8, 4) is 29.3 Å². The number of methoxy groups -OCH3 is 1. The van der Waals surface area contributed by atoms with E-state index in [2.05, 4.69) is 26.5 Å². The number of halogens is 1. The molecule has 11 nitrogen and oxygen atoms in total. The van der Waals surface area contributed by atoms with Gasteiger partial charge in [0.15, 0.2) is 5.95 Å². The van der Waals surface area contributed by atoms with Crippen LogP contribution in [-0.4, -0.2) is 69.8 Å². The molecule has 1 aromatic carbocycles. The Bertz CT molecular complexity index is 1550. The number of carbonyl (C=O) groups excluding carboxylic acids is 1. The topological polar surface area (TPSA) is 143 Å². The Hall–Kier alpha value is -4.73. The number of amides is 2. The highest BCUT2D eigenvalue weighted by Gasteiger charge is 2.37. The molecule has 0 unspecified atom stereocenters. The summed E-state index contributed by atoms with van der Waals surface area (Å²) in [4.78, 5) is 24.4. The van der Waals surface area contributed by atoms with Gasteiger partial charge in [-0.2, -0.15) is 9.49 Å². The molecule has 2 amide bonds. The Balaban J connectivity index is 1.41. The molecular formula is C32H37FN8O3. The van der Waals surface area contributed by atoms with E-state index in [1.54, 1.807) is 24.2 Å². The van der Waals surface area contributed by atoms with Gasteiger partial charge in [0.2, 0.25) is 5.95 Å². The van der Waals surface area contributed by atoms with E-state index in [4.69, 9.17) is 22.0 Å². The van der Waals surface area contributed by atoms with Crippen molar-refractivity contribution in [3.63, 3.8) is 0 Å². The SMILES string of the molecule is C#C/C=C(\C=C(/N)F)[C@@H]1C[C@H](CCOC)C[C@H]1NC(=O)Nc1c(C)c(-c2cnc(N3CC(O)C3)nc2)nn1-c1ccccc1. The number of aliphatic hydroxyl groups excluding tert-OH is 1. The quantitative estimate of drug-likeness (QED) is 0.157. The second-order valence-corrected chi connectivity index (χ2v) is 11.2. The maximum absolute atomic E-state index is 13.8. The first-order valence-corrected chi connectivity index (χ1v) is 14.5. The van der Waals surface area contributed by atoms with Crippen LogP contribution in [0.3, 0.4) is 0 Å². The first-order chi connectivity index (χ1) is 21.3. The maximum Gasteiger partial charge on any atom is 0.320 e. The third-order valence-electron chi connectivity index (χ3n) is 8.10. The number of urea groups is 1. The van der Waals surface area contributed by atoms with Crippen molar-refractivity contribution in [2.45, 2.75) is 38.3 Å². The van der Waals surface area contributed by atoms with Crippen molar-refractivity contribution in [3.05, 3.63) is 72.0 Å². The molecule has 44 heavy (non-hydrogen) atoms. The fourth-order valence-electron chi connectivity index (χ4n) is 5.91. The summed E-state index contributed by atoms with van der Waals surface area (Å²) in [5, 5.41) is 20.6. The molecule has 2 aliphatic rings. The number of carbonyl (C=O) groups is 1. The summed E-state index contributed by atoms with van der Waals surface area (Å²) in [6.45, 7) is 3.45. The van der Waals surface area contributed by atoms with Crippen molar-refractivity contribution >= 4 is 17.8 Å². The molecule has 5 N–H and O–H groups in total. The molecule has 1 saturated heterocycles. The minimum atomic E-state index is -0.843. The summed E-state index contributed by atoms with van der Waals surface area (Å²) in [6.07, 6.45) is 13.5. The van der Waals surface area contributed by atoms with Gasteiger partial charge in [0.05, 0.1) is 11.8 Å². The summed E-state index contributed by atoms with van der Waals surface area (Å²) < 4.78 is 20.7. The minimum Gasteiger partial charge on any atom is -0.389 e. The number of nitrogens with zero attached hydrogens (tertiary/aromatic N) is 5. The van der Waals surface area contributed by atoms with Gasteiger partial charge in [-0.1, -0.05) is 24.1 Å². The van der Waals surface area contributed by atoms with Crippen molar-refractivity contribution in [2.24, 2.45) is 17.6 Å². The second kappa shape index (κ2) is 13.7. The van der Waals surface area contributed by atoms with Crippen molar-refractivity contribution in [1.82, 2.24) is 25.1 Å². The largest absolute Gasteiger partial charge is 0.389 e. The standard InChI is InChI=1S/C32H37FN8O3/c1-4-8-22(15-28(33)34)26-13-21(11-12-44-3)14-27(26)37-32(43)38-30-20(2)29(39-41(30)24-9-6-5-7-10-24)23-16-35-31(36-17-23)40-18-25(42)19-40/h1,5-10,15-17,21,25-27,42H,11-14,18-19,34H2,2-3H3,(H2,37,38,43)/b22-8+,28-15-/t21-,26-,27+/m0/s1. The van der Waals surface area contributed by atoms with Gasteiger partial charge < -0.3 is 25.8 Å². The lowest BCUT2D eigenvalue weighted by molar-refractivity contribution is 0.140. The molecule has 1 aliphatic heterocycles. The molecule has 0 spiro atoms. The number of hydrogen-bond acceptors (Lipinski definition) is 8. The molecule has 0 bridgehead atoms. The molecule has 1 saturated carbocycles. The molecule has 3 atom stereocenters. The highest BCUT2D eigenvalue weighted by molar-refractivity contribution is 5.91. The molecule has 0 radical (unpaired) electrons. The normalized spacial score (nSPS) is 20.7. The second-order valence-electron chi connectivity index (χ2n) is 11.2. The van der Waals surface area contributed by atoms with E-state index in [0.717, 1.165) is 17.7 Å². The molecule has 2 aromatic heterocycles. The number of nitrogens with one attached hydrogen (secondary N) is 2. The highest BCUT2D eigenvalue weighted by atomic mass is 19.1. The monoisotopic (exact) mass is 600 g/mol. The van der Waals surface area contributed by atoms with Gasteiger partial charge in [0, 0.05) is 62.3 Å². The zero-order chi connectivity index (χ0) is 31.2. The molecule has 5 rings (SSSR count). The van der Waals surface area contributed by atoms with Gasteiger partial charge in [-0.15, -0.1) is 6.42 Å². The molecule has 3 heterocycles. The molecular weight excluding hydrogens is 563 g/mol. The number of allylic oxidation sites excluding steroid dienone is 2. The number of benzene rings is 1. The van der Waals surface area contributed by atoms with Crippen LogP contribution < -0.4 is 21.3 Å². The number of β-amino-alcohol motifs (C(OH)–C–C–N with tert-alkyl or cyclic N) is 1. The first kappa shape index (κ1) is 30.7. The van der Waals surface area contributed by atoms with Crippen molar-refractivity contribution in [1.29, 1.82) is 0 Å². The van der Waals surface area contributed by atoms with Crippen molar-refractivity contribution < 1.29 is 19.0 Å². The lowest BCUT2D eigenvalue weighted by Crippen LogP contribution is -2.51. The minimum absolute atomic E-state index is 0.230. The van der Waals surface area contributed by atoms with Crippen LogP contribution in [0, 0.1) is 31.1 Å². The number of ether oxygens (including phenoxy) is 1. The first-order valence-electron chi connectivity index (χ1n) is 14.5. The molecule has 12 heteroatoms. The van der Waals surface area contributed by atoms with Crippen LogP contribution in [0.25, 0.3) is 16.9 Å². The molecule has 230 valence electrons. The third-order valence-corrected chi connectivity index (χ3v) is 8.10. The number of aromatic nitrogens is 4. The average Bonchev–Trinajstić information content (AvgIpc) is 3.54. The maximum atomic E-state index is 13.8. The van der Waals surface area contributed by atoms with Crippen LogP contribution in [0.4, 0.5) is 21.0 Å². The van der Waals surface area contributed by atoms with Crippen LogP contribution in [0.1, 0.15) is 24.8 Å². The van der Waals surface area contributed by atoms with Gasteiger partial charge in [-0.05, 0) is 62.0 Å². The smallest absolute Gasteiger partial charge is 0.320 e. The lowest BCUT2D eigenvalue weighted by Gasteiger charge is -2.35. The fraction of sp³-hybridized carbons (Fsp3) is 0.375. The summed E-state index contributed by atoms with van der Waals surface area (Å²) in [7, 11) is 1.65. The van der Waals surface area contributed by atoms with Crippen LogP contribution in [0.2, 0.25) is 0 Å². The van der Waals surface area contributed by atoms with Gasteiger partial charge in [0.1, 0.15) is 11.5 Å². The highest BCUT2D eigenvalue weighted by Crippen LogP contribution is 2.39. The number of terminal acetylenes is 1. The zero-order valence-corrected chi connectivity index (χ0v) is 24.8. The van der Waals surface area contributed by atoms with Crippen LogP contribution in [-0.2, 0) is 4.74 Å². The lowest BCUT2D eigenvalue weighted by atomic mass is 9.92. The zero-order valence-electron chi connectivity index (χ0n) is 24.8. The summed E-state index contributed by atoms with van der Waals surface area (Å²) >= 11 is 0. The number of aliphatic hydroxyl groups is 1. The van der Waals surface area contributed by atoms with E-state index in [0.29, 0.717) is 61.1 Å². The van der Waals surface area contributed by atoms with E-state index < -0.39 is 12.0 Å². The van der Waals surface area contributed by atoms with Gasteiger partial charge >= 0.3 is 6.03 Å². The number of rotatable bonds is 10. The average molecular weight is 601 g/mol. The predicted molar refractivity (Wildman–Crippen MR) is 166 cm³/mol. The Morgan fingerprint density at radius 3 is 2.61 bits per heavy atom. The van der Waals surface area contributed by atoms with Gasteiger partial charge in [-0.25, -0.2) is 19.4 Å². The van der Waals surface area contributed by atoms with Gasteiger partial charge in [-0.3, -0.25) is 5.32 Å². The van der Waals surface area contributed by atoms with Crippen molar-refractivity contribution in [2.75, 3.05) is 37.0 Å². The third kappa shape index (κ3) is 6.90. The van der Waals surface area contributed by atoms with E-state index in [-0.39, 0.29) is 24.0 Å². The van der Waals surface area contributed by atoms with Gasteiger partial charge in [0.25, 0.3) is 0 Å². The Labute approximate surface area is 256 Å². The fourth-order valence-corrected chi connectivity index (χ4v) is 5.91. The van der Waals surface area contributed by atoms with E-state index in [1.165, 1.54) is 12.2 Å². The summed E-state index contributed by atoms with van der Waals surface area (Å²) in [6, 6.07) is 8.72.